The monoisotopic (exact) mass is 489 g/mol. The highest BCUT2D eigenvalue weighted by Crippen LogP contribution is 2.36. The first-order chi connectivity index (χ1) is 17.5. The van der Waals surface area contributed by atoms with Crippen LogP contribution in [0.4, 0.5) is 0 Å². The lowest BCUT2D eigenvalue weighted by Crippen LogP contribution is -2.37. The maximum absolute atomic E-state index is 14.0. The van der Waals surface area contributed by atoms with Crippen molar-refractivity contribution in [2.24, 2.45) is 5.92 Å². The van der Waals surface area contributed by atoms with Gasteiger partial charge in [0, 0.05) is 25.4 Å². The Morgan fingerprint density at radius 1 is 1.03 bits per heavy atom. The molecular formula is C28H31N3O5. The normalized spacial score (nSPS) is 17.3. The van der Waals surface area contributed by atoms with Crippen LogP contribution in [-0.2, 0) is 6.42 Å². The molecule has 5 rings (SSSR count). The van der Waals surface area contributed by atoms with Crippen molar-refractivity contribution in [1.82, 2.24) is 14.5 Å². The van der Waals surface area contributed by atoms with Gasteiger partial charge in [-0.05, 0) is 36.5 Å². The topological polar surface area (TPSA) is 93.9 Å². The molecule has 0 radical (unpaired) electrons. The Kier molecular flexibility index (Phi) is 6.67. The third kappa shape index (κ3) is 4.55. The van der Waals surface area contributed by atoms with Crippen molar-refractivity contribution >= 4 is 5.91 Å². The van der Waals surface area contributed by atoms with E-state index in [2.05, 4.69) is 4.98 Å². The molecule has 1 atom stereocenters. The molecule has 8 heteroatoms. The number of aromatic hydroxyl groups is 1. The first-order valence-corrected chi connectivity index (χ1v) is 12.4. The fourth-order valence-corrected chi connectivity index (χ4v) is 5.03. The highest BCUT2D eigenvalue weighted by atomic mass is 16.5. The van der Waals surface area contributed by atoms with E-state index in [1.165, 1.54) is 18.8 Å². The van der Waals surface area contributed by atoms with E-state index in [1.54, 1.807) is 23.1 Å². The van der Waals surface area contributed by atoms with Crippen molar-refractivity contribution < 1.29 is 19.4 Å². The Balaban J connectivity index is 1.57. The number of rotatable bonds is 8. The Morgan fingerprint density at radius 3 is 2.36 bits per heavy atom. The maximum atomic E-state index is 14.0. The smallest absolute Gasteiger partial charge is 0.275 e. The number of para-hydroxylation sites is 1. The Hall–Kier alpha value is -3.81. The summed E-state index contributed by atoms with van der Waals surface area (Å²) in [4.78, 5) is 33.6. The molecule has 36 heavy (non-hydrogen) atoms. The number of carbonyl (C=O) groups is 1. The molecule has 2 fully saturated rings. The SMILES string of the molecule is COc1cccc(OC)c1-n1c(CCC2CC2)nc(O)c(C(=O)N2CC[C@H](c3ccccc3)C2)c1=O. The van der Waals surface area contributed by atoms with E-state index in [9.17, 15) is 14.7 Å². The molecule has 188 valence electrons. The van der Waals surface area contributed by atoms with Gasteiger partial charge >= 0.3 is 0 Å². The second kappa shape index (κ2) is 10.0. The number of hydrogen-bond acceptors (Lipinski definition) is 6. The molecule has 1 saturated heterocycles. The van der Waals surface area contributed by atoms with Crippen LogP contribution in [0, 0.1) is 5.92 Å². The number of likely N-dealkylation sites (tertiary alicyclic amines) is 1. The van der Waals surface area contributed by atoms with Crippen LogP contribution in [0.15, 0.2) is 53.3 Å². The van der Waals surface area contributed by atoms with E-state index < -0.39 is 17.3 Å². The fourth-order valence-electron chi connectivity index (χ4n) is 5.03. The summed E-state index contributed by atoms with van der Waals surface area (Å²) in [5.74, 6) is 0.953. The van der Waals surface area contributed by atoms with Crippen molar-refractivity contribution in [1.29, 1.82) is 0 Å². The molecule has 3 aromatic rings. The zero-order valence-electron chi connectivity index (χ0n) is 20.6. The molecule has 1 amide bonds. The highest BCUT2D eigenvalue weighted by molar-refractivity contribution is 5.96. The zero-order valence-corrected chi connectivity index (χ0v) is 20.6. The number of ether oxygens (including phenoxy) is 2. The average molecular weight is 490 g/mol. The molecule has 2 aromatic carbocycles. The van der Waals surface area contributed by atoms with Crippen LogP contribution in [0.5, 0.6) is 17.4 Å². The minimum absolute atomic E-state index is 0.180. The van der Waals surface area contributed by atoms with Crippen LogP contribution in [-0.4, -0.2) is 52.8 Å². The van der Waals surface area contributed by atoms with Crippen LogP contribution in [0.2, 0.25) is 0 Å². The second-order valence-electron chi connectivity index (χ2n) is 9.51. The van der Waals surface area contributed by atoms with Crippen LogP contribution in [0.25, 0.3) is 5.69 Å². The first-order valence-electron chi connectivity index (χ1n) is 12.4. The van der Waals surface area contributed by atoms with Crippen LogP contribution in [0.3, 0.4) is 0 Å². The second-order valence-corrected chi connectivity index (χ2v) is 9.51. The van der Waals surface area contributed by atoms with E-state index in [-0.39, 0.29) is 11.5 Å². The lowest BCUT2D eigenvalue weighted by atomic mass is 9.99. The van der Waals surface area contributed by atoms with Crippen LogP contribution < -0.4 is 15.0 Å². The lowest BCUT2D eigenvalue weighted by molar-refractivity contribution is 0.0784. The highest BCUT2D eigenvalue weighted by Gasteiger charge is 2.34. The van der Waals surface area contributed by atoms with E-state index in [0.29, 0.717) is 48.4 Å². The number of amides is 1. The summed E-state index contributed by atoms with van der Waals surface area (Å²) < 4.78 is 12.5. The van der Waals surface area contributed by atoms with Crippen molar-refractivity contribution in [2.75, 3.05) is 27.3 Å². The number of methoxy groups -OCH3 is 2. The molecule has 0 spiro atoms. The van der Waals surface area contributed by atoms with E-state index >= 15 is 0 Å². The number of hydrogen-bond donors (Lipinski definition) is 1. The van der Waals surface area contributed by atoms with Gasteiger partial charge in [0.15, 0.2) is 5.56 Å². The molecule has 8 nitrogen and oxygen atoms in total. The predicted molar refractivity (Wildman–Crippen MR) is 135 cm³/mol. The van der Waals surface area contributed by atoms with Gasteiger partial charge in [0.25, 0.3) is 11.5 Å². The van der Waals surface area contributed by atoms with Gasteiger partial charge in [0.05, 0.1) is 14.2 Å². The van der Waals surface area contributed by atoms with Gasteiger partial charge in [0.1, 0.15) is 23.0 Å². The summed E-state index contributed by atoms with van der Waals surface area (Å²) in [6, 6.07) is 15.3. The summed E-state index contributed by atoms with van der Waals surface area (Å²) in [6.07, 6.45) is 4.44. The minimum atomic E-state index is -0.621. The molecule has 1 aliphatic carbocycles. The molecule has 0 unspecified atom stereocenters. The summed E-state index contributed by atoms with van der Waals surface area (Å²) in [6.45, 7) is 0.974. The number of carbonyl (C=O) groups excluding carboxylic acids is 1. The number of nitrogens with zero attached hydrogens (tertiary/aromatic N) is 3. The van der Waals surface area contributed by atoms with Gasteiger partial charge in [-0.3, -0.25) is 14.2 Å². The molecular weight excluding hydrogens is 458 g/mol. The number of aryl methyl sites for hydroxylation is 1. The fraction of sp³-hybridized carbons (Fsp3) is 0.393. The van der Waals surface area contributed by atoms with Crippen LogP contribution in [0.1, 0.15) is 53.3 Å². The Morgan fingerprint density at radius 2 is 1.72 bits per heavy atom. The minimum Gasteiger partial charge on any atom is -0.494 e. The maximum Gasteiger partial charge on any atom is 0.275 e. The molecule has 2 heterocycles. The summed E-state index contributed by atoms with van der Waals surface area (Å²) >= 11 is 0. The van der Waals surface area contributed by atoms with E-state index in [0.717, 1.165) is 31.2 Å². The predicted octanol–water partition coefficient (Wildman–Crippen LogP) is 3.93. The number of aromatic nitrogens is 2. The van der Waals surface area contributed by atoms with Gasteiger partial charge in [0.2, 0.25) is 5.88 Å². The average Bonchev–Trinajstić information content (AvgIpc) is 3.60. The lowest BCUT2D eigenvalue weighted by Gasteiger charge is -2.21. The number of benzene rings is 2. The van der Waals surface area contributed by atoms with Crippen molar-refractivity contribution in [2.45, 2.75) is 38.0 Å². The summed E-state index contributed by atoms with van der Waals surface area (Å²) in [5, 5.41) is 10.9. The molecule has 1 saturated carbocycles. The van der Waals surface area contributed by atoms with Gasteiger partial charge in [-0.25, -0.2) is 0 Å². The molecule has 1 aromatic heterocycles. The Bertz CT molecular complexity index is 1290. The van der Waals surface area contributed by atoms with E-state index in [1.807, 2.05) is 30.3 Å². The van der Waals surface area contributed by atoms with Crippen molar-refractivity contribution in [3.05, 3.63) is 75.8 Å². The van der Waals surface area contributed by atoms with Crippen molar-refractivity contribution in [3.63, 3.8) is 0 Å². The van der Waals surface area contributed by atoms with Gasteiger partial charge in [-0.1, -0.05) is 49.2 Å². The van der Waals surface area contributed by atoms with Crippen molar-refractivity contribution in [3.8, 4) is 23.1 Å². The zero-order chi connectivity index (χ0) is 25.2. The summed E-state index contributed by atoms with van der Waals surface area (Å²) in [5.41, 5.74) is 0.585. The van der Waals surface area contributed by atoms with E-state index in [4.69, 9.17) is 9.47 Å². The third-order valence-electron chi connectivity index (χ3n) is 7.19. The quantitative estimate of drug-likeness (QED) is 0.515. The third-order valence-corrected chi connectivity index (χ3v) is 7.19. The Labute approximate surface area is 210 Å². The molecule has 2 aliphatic rings. The largest absolute Gasteiger partial charge is 0.494 e. The van der Waals surface area contributed by atoms with Crippen LogP contribution >= 0.6 is 0 Å². The van der Waals surface area contributed by atoms with Gasteiger partial charge in [-0.2, -0.15) is 4.98 Å². The molecule has 0 bridgehead atoms. The van der Waals surface area contributed by atoms with Gasteiger partial charge < -0.3 is 19.5 Å². The standard InChI is InChI=1S/C28H31N3O5/c1-35-21-9-6-10-22(36-2)25(21)31-23(14-13-18-11-12-18)29-26(32)24(28(31)34)27(33)30-16-15-20(17-30)19-7-4-3-5-8-19/h3-10,18,20,32H,11-17H2,1-2H3/t20-/m0/s1. The first kappa shape index (κ1) is 23.9. The molecule has 1 N–H and O–H groups in total. The van der Waals surface area contributed by atoms with Gasteiger partial charge in [-0.15, -0.1) is 0 Å². The summed E-state index contributed by atoms with van der Waals surface area (Å²) in [7, 11) is 3.03. The molecule has 1 aliphatic heterocycles.